The van der Waals surface area contributed by atoms with Gasteiger partial charge in [-0.2, -0.15) is 0 Å². The third-order valence-electron chi connectivity index (χ3n) is 5.10. The van der Waals surface area contributed by atoms with Crippen molar-refractivity contribution in [2.24, 2.45) is 0 Å². The number of hydrogen-bond donors (Lipinski definition) is 2. The molecule has 1 aliphatic heterocycles. The Labute approximate surface area is 187 Å². The maximum Gasteiger partial charge on any atom is 0.410 e. The Kier molecular flexibility index (Phi) is 6.24. The van der Waals surface area contributed by atoms with Gasteiger partial charge in [-0.15, -0.1) is 11.3 Å². The molecule has 9 heteroatoms. The van der Waals surface area contributed by atoms with E-state index in [2.05, 4.69) is 4.98 Å². The number of nitrogens with zero attached hydrogens (tertiary/aromatic N) is 1. The molecule has 0 aliphatic carbocycles. The predicted octanol–water partition coefficient (Wildman–Crippen LogP) is 5.42. The van der Waals surface area contributed by atoms with Crippen LogP contribution in [-0.2, 0) is 17.6 Å². The molecule has 1 atom stereocenters. The number of ether oxygens (including phenoxy) is 2. The van der Waals surface area contributed by atoms with Gasteiger partial charge in [0.25, 0.3) is 0 Å². The Balaban J connectivity index is 1.40. The molecule has 4 rings (SSSR count). The first kappa shape index (κ1) is 21.3. The van der Waals surface area contributed by atoms with Crippen LogP contribution in [0.3, 0.4) is 0 Å². The van der Waals surface area contributed by atoms with Crippen LogP contribution >= 0.6 is 23.6 Å². The molecule has 0 spiro atoms. The number of cyclic esters (lactones) is 1. The highest BCUT2D eigenvalue weighted by Crippen LogP contribution is 2.29. The van der Waals surface area contributed by atoms with Crippen molar-refractivity contribution in [2.45, 2.75) is 25.8 Å². The van der Waals surface area contributed by atoms with E-state index in [4.69, 9.17) is 21.7 Å². The Bertz CT molecular complexity index is 1140. The number of aromatic nitrogens is 1. The van der Waals surface area contributed by atoms with E-state index in [0.717, 1.165) is 5.56 Å². The summed E-state index contributed by atoms with van der Waals surface area (Å²) >= 11 is 6.27. The summed E-state index contributed by atoms with van der Waals surface area (Å²) in [7, 11) is 0. The van der Waals surface area contributed by atoms with Gasteiger partial charge in [0.2, 0.25) is 5.88 Å². The van der Waals surface area contributed by atoms with Gasteiger partial charge >= 0.3 is 6.09 Å². The van der Waals surface area contributed by atoms with Gasteiger partial charge in [0.1, 0.15) is 12.4 Å². The molecule has 0 bridgehead atoms. The normalized spacial score (nSPS) is 15.9. The van der Waals surface area contributed by atoms with Crippen LogP contribution in [-0.4, -0.2) is 40.3 Å². The first-order chi connectivity index (χ1) is 14.9. The zero-order valence-corrected chi connectivity index (χ0v) is 18.4. The number of aromatic amines is 1. The Morgan fingerprint density at radius 2 is 2.03 bits per heavy atom. The van der Waals surface area contributed by atoms with Crippen LogP contribution in [0.4, 0.5) is 9.18 Å². The maximum atomic E-state index is 14.5. The Morgan fingerprint density at radius 3 is 2.68 bits per heavy atom. The molecule has 31 heavy (non-hydrogen) atoms. The van der Waals surface area contributed by atoms with E-state index < -0.39 is 5.82 Å². The molecule has 2 N–H and O–H groups in total. The van der Waals surface area contributed by atoms with Crippen molar-refractivity contribution >= 4 is 29.6 Å². The minimum atomic E-state index is -0.486. The largest absolute Gasteiger partial charge is 0.494 e. The summed E-state index contributed by atoms with van der Waals surface area (Å²) in [5.41, 5.74) is 1.74. The molecule has 1 aliphatic rings. The Morgan fingerprint density at radius 1 is 1.29 bits per heavy atom. The average Bonchev–Trinajstić information content (AvgIpc) is 3.25. The first-order valence-electron chi connectivity index (χ1n) is 9.82. The summed E-state index contributed by atoms with van der Waals surface area (Å²) < 4.78 is 25.8. The molecular weight excluding hydrogens is 439 g/mol. The molecule has 162 valence electrons. The number of carbonyl (C=O) groups is 1. The number of carbonyl (C=O) groups excluding carboxylic acids is 1. The zero-order chi connectivity index (χ0) is 22.0. The van der Waals surface area contributed by atoms with Crippen molar-refractivity contribution in [3.05, 3.63) is 68.2 Å². The fourth-order valence-corrected chi connectivity index (χ4v) is 4.69. The molecule has 1 amide bonds. The second kappa shape index (κ2) is 9.07. The monoisotopic (exact) mass is 460 g/mol. The van der Waals surface area contributed by atoms with Crippen LogP contribution in [0.5, 0.6) is 17.4 Å². The molecule has 2 heterocycles. The van der Waals surface area contributed by atoms with E-state index >= 15 is 0 Å². The van der Waals surface area contributed by atoms with Gasteiger partial charge in [-0.25, -0.2) is 9.18 Å². The number of benzene rings is 2. The average molecular weight is 461 g/mol. The SMILES string of the molecule is CCN1C(=O)OCC1Cc1ccc(Oc2ccc(Cc3sc(=S)[nH]c3O)cc2F)cc1. The number of amides is 1. The molecule has 0 saturated carbocycles. The highest BCUT2D eigenvalue weighted by molar-refractivity contribution is 7.73. The van der Waals surface area contributed by atoms with Crippen molar-refractivity contribution in [2.75, 3.05) is 13.2 Å². The number of aromatic hydroxyl groups is 1. The fraction of sp³-hybridized carbons (Fsp3) is 0.273. The van der Waals surface area contributed by atoms with E-state index in [1.165, 1.54) is 17.4 Å². The lowest BCUT2D eigenvalue weighted by atomic mass is 10.1. The van der Waals surface area contributed by atoms with Gasteiger partial charge in [0.05, 0.1) is 10.9 Å². The molecule has 1 fully saturated rings. The van der Waals surface area contributed by atoms with Crippen LogP contribution in [0.2, 0.25) is 0 Å². The molecule has 1 saturated heterocycles. The second-order valence-electron chi connectivity index (χ2n) is 7.19. The summed E-state index contributed by atoms with van der Waals surface area (Å²) in [6.45, 7) is 2.92. The van der Waals surface area contributed by atoms with Gasteiger partial charge in [0.15, 0.2) is 15.5 Å². The topological polar surface area (TPSA) is 74.8 Å². The summed E-state index contributed by atoms with van der Waals surface area (Å²) in [6.07, 6.45) is 0.781. The lowest BCUT2D eigenvalue weighted by Gasteiger charge is -2.19. The van der Waals surface area contributed by atoms with Crippen molar-refractivity contribution < 1.29 is 23.8 Å². The highest BCUT2D eigenvalue weighted by Gasteiger charge is 2.31. The quantitative estimate of drug-likeness (QED) is 0.461. The van der Waals surface area contributed by atoms with Crippen LogP contribution in [0.25, 0.3) is 0 Å². The van der Waals surface area contributed by atoms with Crippen LogP contribution < -0.4 is 4.74 Å². The minimum Gasteiger partial charge on any atom is -0.494 e. The van der Waals surface area contributed by atoms with E-state index in [-0.39, 0.29) is 23.8 Å². The number of likely N-dealkylation sites (N-methyl/N-ethyl adjacent to an activating group) is 1. The summed E-state index contributed by atoms with van der Waals surface area (Å²) in [4.78, 5) is 16.7. The number of rotatable bonds is 7. The van der Waals surface area contributed by atoms with Crippen LogP contribution in [0.1, 0.15) is 22.9 Å². The lowest BCUT2D eigenvalue weighted by molar-refractivity contribution is 0.159. The molecule has 6 nitrogen and oxygen atoms in total. The third kappa shape index (κ3) is 4.88. The van der Waals surface area contributed by atoms with Crippen LogP contribution in [0, 0.1) is 9.77 Å². The number of halogens is 1. The number of hydrogen-bond acceptors (Lipinski definition) is 6. The predicted molar refractivity (Wildman–Crippen MR) is 118 cm³/mol. The summed E-state index contributed by atoms with van der Waals surface area (Å²) in [5, 5.41) is 9.81. The van der Waals surface area contributed by atoms with Crippen molar-refractivity contribution in [3.63, 3.8) is 0 Å². The van der Waals surface area contributed by atoms with E-state index in [9.17, 15) is 14.3 Å². The van der Waals surface area contributed by atoms with E-state index in [0.29, 0.717) is 46.1 Å². The molecule has 1 unspecified atom stereocenters. The van der Waals surface area contributed by atoms with Gasteiger partial charge in [-0.3, -0.25) is 0 Å². The second-order valence-corrected chi connectivity index (χ2v) is 8.97. The summed E-state index contributed by atoms with van der Waals surface area (Å²) in [5.74, 6) is 0.170. The van der Waals surface area contributed by atoms with E-state index in [1.807, 2.05) is 19.1 Å². The number of H-pyrrole nitrogens is 1. The molecule has 0 radical (unpaired) electrons. The molecular formula is C22H21FN2O4S2. The van der Waals surface area contributed by atoms with Crippen molar-refractivity contribution in [1.82, 2.24) is 9.88 Å². The van der Waals surface area contributed by atoms with Gasteiger partial charge < -0.3 is 24.5 Å². The molecule has 2 aromatic carbocycles. The van der Waals surface area contributed by atoms with Gasteiger partial charge in [-0.1, -0.05) is 18.2 Å². The minimum absolute atomic E-state index is 0.0198. The number of nitrogens with one attached hydrogen (secondary N) is 1. The van der Waals surface area contributed by atoms with Crippen LogP contribution in [0.15, 0.2) is 42.5 Å². The fourth-order valence-electron chi connectivity index (χ4n) is 3.53. The third-order valence-corrected chi connectivity index (χ3v) is 6.32. The zero-order valence-electron chi connectivity index (χ0n) is 16.8. The van der Waals surface area contributed by atoms with Gasteiger partial charge in [-0.05, 0) is 61.0 Å². The smallest absolute Gasteiger partial charge is 0.410 e. The standard InChI is InChI=1S/C22H21FN2O4S2/c1-2-25-15(12-28-22(25)27)9-13-3-6-16(7-4-13)29-18-8-5-14(10-17(18)23)11-19-20(26)24-21(30)31-19/h3-8,10,15,26H,2,9,11-12H2,1H3,(H,24,30). The highest BCUT2D eigenvalue weighted by atomic mass is 32.1. The molecule has 1 aromatic heterocycles. The summed E-state index contributed by atoms with van der Waals surface area (Å²) in [6, 6.07) is 12.1. The lowest BCUT2D eigenvalue weighted by Crippen LogP contribution is -2.34. The Hall–Kier alpha value is -2.91. The molecule has 3 aromatic rings. The number of thiazole rings is 1. The van der Waals surface area contributed by atoms with Gasteiger partial charge in [0, 0.05) is 13.0 Å². The first-order valence-corrected chi connectivity index (χ1v) is 11.0. The maximum absolute atomic E-state index is 14.5. The van der Waals surface area contributed by atoms with E-state index in [1.54, 1.807) is 29.2 Å². The van der Waals surface area contributed by atoms with Crippen molar-refractivity contribution in [3.8, 4) is 17.4 Å². The van der Waals surface area contributed by atoms with Crippen molar-refractivity contribution in [1.29, 1.82) is 0 Å².